The van der Waals surface area contributed by atoms with Crippen LogP contribution >= 0.6 is 0 Å². The molecule has 2 heterocycles. The molecular formula is C55H85N5O14. The standard InChI is InChI=1S/C55H85N5O14/c1-13-35(6)50(44(70-11)31-47(64)59-29-21-24-40(59)52(71-12)36(7)53(67)56-37(8)51(66)38-22-17-16-18-23-38)57(9)54(68)39(33(2)3)30-41(61)49(34(4)5)58(10)55(69)73-43-26-20-15-14-19-25-42(43)72-32-48(65)74-60-45(62)27-28-46(60)63/h16-18,20,22-23,26,33-37,39-40,42-44,49-52,66H,13-15,19,21,24-25,27-32H2,1-12H3,(H,56,67)/b26-20+/t35-,36+,37+,39-,40-,42?,43?,44+,49-,50-,51+,52+/m0/s1. The third-order valence-electron chi connectivity index (χ3n) is 15.1. The van der Waals surface area contributed by atoms with Gasteiger partial charge in [0, 0.05) is 60.0 Å². The smallest absolute Gasteiger partial charge is 0.410 e. The maximum absolute atomic E-state index is 14.8. The van der Waals surface area contributed by atoms with E-state index in [0.717, 1.165) is 12.8 Å². The molecule has 2 saturated heterocycles. The highest BCUT2D eigenvalue weighted by Crippen LogP contribution is 2.32. The lowest BCUT2D eigenvalue weighted by molar-refractivity contribution is -0.202. The first kappa shape index (κ1) is 61.3. The number of ether oxygens (including phenoxy) is 4. The summed E-state index contributed by atoms with van der Waals surface area (Å²) in [6, 6.07) is 6.53. The molecule has 0 spiro atoms. The monoisotopic (exact) mass is 1040 g/mol. The van der Waals surface area contributed by atoms with E-state index < -0.39 is 97.0 Å². The van der Waals surface area contributed by atoms with Crippen LogP contribution in [-0.4, -0.2) is 162 Å². The SMILES string of the molecule is CC[C@H](C)[C@@H]([C@@H](CC(=O)N1CCC[C@H]1[C@H](OC)[C@@H](C)C(=O)N[C@H](C)[C@@H](O)c1ccccc1)OC)N(C)C(=O)[C@@H](CC(=O)[C@H](C(C)C)N(C)C(=O)OC1/C=C/CCCCC1OCC(=O)ON1C(=O)CCC1=O)C(C)C. The van der Waals surface area contributed by atoms with Gasteiger partial charge in [0.15, 0.2) is 5.78 Å². The fraction of sp³-hybridized carbons (Fsp3) is 0.709. The largest absolute Gasteiger partial charge is 0.439 e. The first-order chi connectivity index (χ1) is 35.1. The van der Waals surface area contributed by atoms with Crippen LogP contribution in [-0.2, 0) is 57.3 Å². The predicted molar refractivity (Wildman–Crippen MR) is 274 cm³/mol. The van der Waals surface area contributed by atoms with Crippen LogP contribution in [0.2, 0.25) is 0 Å². The summed E-state index contributed by atoms with van der Waals surface area (Å²) in [6.45, 7) is 14.7. The van der Waals surface area contributed by atoms with Crippen molar-refractivity contribution in [3.05, 3.63) is 48.0 Å². The lowest BCUT2D eigenvalue weighted by Crippen LogP contribution is -2.55. The highest BCUT2D eigenvalue weighted by Gasteiger charge is 2.44. The Morgan fingerprint density at radius 1 is 0.838 bits per heavy atom. The first-order valence-corrected chi connectivity index (χ1v) is 26.5. The second kappa shape index (κ2) is 29.2. The second-order valence-electron chi connectivity index (χ2n) is 21.0. The molecule has 19 heteroatoms. The number of nitrogens with one attached hydrogen (secondary N) is 1. The Bertz CT molecular complexity index is 2070. The molecule has 3 aliphatic rings. The molecule has 0 radical (unpaired) electrons. The number of amides is 6. The van der Waals surface area contributed by atoms with Gasteiger partial charge in [-0.25, -0.2) is 9.59 Å². The number of rotatable bonds is 26. The van der Waals surface area contributed by atoms with E-state index in [0.29, 0.717) is 49.3 Å². The average Bonchev–Trinajstić information content (AvgIpc) is 3.98. The number of benzene rings is 1. The number of aliphatic hydroxyl groups is 1. The zero-order valence-corrected chi connectivity index (χ0v) is 45.9. The van der Waals surface area contributed by atoms with E-state index in [2.05, 4.69) is 5.32 Å². The number of hydrogen-bond donors (Lipinski definition) is 2. The van der Waals surface area contributed by atoms with Gasteiger partial charge in [-0.2, -0.15) is 0 Å². The minimum atomic E-state index is -0.985. The summed E-state index contributed by atoms with van der Waals surface area (Å²) in [4.78, 5) is 118. The van der Waals surface area contributed by atoms with Gasteiger partial charge in [0.05, 0.1) is 60.9 Å². The van der Waals surface area contributed by atoms with Gasteiger partial charge in [-0.15, -0.1) is 5.06 Å². The van der Waals surface area contributed by atoms with E-state index in [4.69, 9.17) is 23.8 Å². The summed E-state index contributed by atoms with van der Waals surface area (Å²) in [5.41, 5.74) is 0.679. The van der Waals surface area contributed by atoms with Crippen LogP contribution in [0, 0.1) is 29.6 Å². The number of ketones is 1. The van der Waals surface area contributed by atoms with E-state index in [1.807, 2.05) is 52.0 Å². The molecule has 1 aliphatic carbocycles. The molecule has 0 aromatic heterocycles. The summed E-state index contributed by atoms with van der Waals surface area (Å²) in [5, 5.41) is 14.3. The van der Waals surface area contributed by atoms with Gasteiger partial charge in [0.2, 0.25) is 17.7 Å². The lowest BCUT2D eigenvalue weighted by atomic mass is 9.83. The average molecular weight is 1040 g/mol. The van der Waals surface area contributed by atoms with Gasteiger partial charge in [-0.05, 0) is 68.4 Å². The highest BCUT2D eigenvalue weighted by molar-refractivity contribution is 6.01. The molecule has 19 nitrogen and oxygen atoms in total. The normalized spacial score (nSPS) is 22.3. The van der Waals surface area contributed by atoms with Gasteiger partial charge < -0.3 is 48.9 Å². The van der Waals surface area contributed by atoms with Crippen molar-refractivity contribution >= 4 is 47.4 Å². The van der Waals surface area contributed by atoms with Crippen molar-refractivity contribution in [2.45, 2.75) is 181 Å². The molecule has 0 bridgehead atoms. The Hall–Kier alpha value is -5.24. The van der Waals surface area contributed by atoms with E-state index in [1.54, 1.807) is 62.8 Å². The number of likely N-dealkylation sites (tertiary alicyclic amines) is 1. The topological polar surface area (TPSA) is 228 Å². The summed E-state index contributed by atoms with van der Waals surface area (Å²) in [7, 11) is 6.20. The number of likely N-dealkylation sites (N-methyl/N-ethyl adjacent to an activating group) is 2. The molecule has 1 aromatic rings. The summed E-state index contributed by atoms with van der Waals surface area (Å²) in [5.74, 6) is -5.64. The molecule has 2 unspecified atom stereocenters. The minimum Gasteiger partial charge on any atom is -0.439 e. The number of carbonyl (C=O) groups is 8. The number of Topliss-reactive ketones (excluding diaryl/α,β-unsaturated/α-hetero) is 1. The quantitative estimate of drug-likeness (QED) is 0.0807. The first-order valence-electron chi connectivity index (χ1n) is 26.5. The molecule has 4 rings (SSSR count). The molecule has 2 N–H and O–H groups in total. The molecular weight excluding hydrogens is 955 g/mol. The Kier molecular flexibility index (Phi) is 24.2. The summed E-state index contributed by atoms with van der Waals surface area (Å²) < 4.78 is 23.9. The number of hydrogen-bond acceptors (Lipinski definition) is 14. The molecule has 414 valence electrons. The van der Waals surface area contributed by atoms with E-state index >= 15 is 0 Å². The molecule has 74 heavy (non-hydrogen) atoms. The Labute approximate surface area is 438 Å². The zero-order valence-electron chi connectivity index (χ0n) is 45.9. The van der Waals surface area contributed by atoms with Crippen LogP contribution < -0.4 is 5.32 Å². The number of hydroxylamine groups is 2. The number of methoxy groups -OCH3 is 2. The molecule has 2 fully saturated rings. The molecule has 2 aliphatic heterocycles. The van der Waals surface area contributed by atoms with Gasteiger partial charge in [-0.3, -0.25) is 28.8 Å². The van der Waals surface area contributed by atoms with Crippen molar-refractivity contribution in [1.82, 2.24) is 25.1 Å². The van der Waals surface area contributed by atoms with Gasteiger partial charge >= 0.3 is 12.1 Å². The third kappa shape index (κ3) is 16.1. The fourth-order valence-corrected chi connectivity index (χ4v) is 10.6. The second-order valence-corrected chi connectivity index (χ2v) is 21.0. The number of imide groups is 1. The maximum Gasteiger partial charge on any atom is 0.410 e. The maximum atomic E-state index is 14.8. The van der Waals surface area contributed by atoms with Crippen molar-refractivity contribution in [3.8, 4) is 0 Å². The summed E-state index contributed by atoms with van der Waals surface area (Å²) >= 11 is 0. The predicted octanol–water partition coefficient (Wildman–Crippen LogP) is 5.96. The number of allylic oxidation sites excluding steroid dienone is 1. The molecule has 1 aromatic carbocycles. The third-order valence-corrected chi connectivity index (χ3v) is 15.1. The lowest BCUT2D eigenvalue weighted by Gasteiger charge is -2.41. The van der Waals surface area contributed by atoms with Crippen molar-refractivity contribution in [1.29, 1.82) is 0 Å². The summed E-state index contributed by atoms with van der Waals surface area (Å²) in [6.07, 6.45) is 2.98. The molecule has 0 saturated carbocycles. The van der Waals surface area contributed by atoms with Crippen LogP contribution in [0.4, 0.5) is 4.79 Å². The van der Waals surface area contributed by atoms with E-state index in [-0.39, 0.29) is 66.9 Å². The van der Waals surface area contributed by atoms with Gasteiger partial charge in [0.25, 0.3) is 11.8 Å². The Balaban J connectivity index is 1.45. The number of nitrogens with zero attached hydrogens (tertiary/aromatic N) is 4. The minimum absolute atomic E-state index is 0.0541. The van der Waals surface area contributed by atoms with Crippen LogP contribution in [0.1, 0.15) is 138 Å². The van der Waals surface area contributed by atoms with Gasteiger partial charge in [0.1, 0.15) is 12.7 Å². The van der Waals surface area contributed by atoms with Gasteiger partial charge in [-0.1, -0.05) is 97.7 Å². The van der Waals surface area contributed by atoms with Crippen LogP contribution in [0.3, 0.4) is 0 Å². The van der Waals surface area contributed by atoms with Crippen LogP contribution in [0.5, 0.6) is 0 Å². The molecule has 6 amide bonds. The van der Waals surface area contributed by atoms with Crippen LogP contribution in [0.15, 0.2) is 42.5 Å². The fourth-order valence-electron chi connectivity index (χ4n) is 10.6. The van der Waals surface area contributed by atoms with E-state index in [9.17, 15) is 43.5 Å². The zero-order chi connectivity index (χ0) is 55.0. The van der Waals surface area contributed by atoms with Crippen molar-refractivity contribution in [3.63, 3.8) is 0 Å². The Morgan fingerprint density at radius 3 is 2.09 bits per heavy atom. The number of carbonyl (C=O) groups excluding carboxylic acids is 8. The van der Waals surface area contributed by atoms with E-state index in [1.165, 1.54) is 26.2 Å². The van der Waals surface area contributed by atoms with Crippen LogP contribution in [0.25, 0.3) is 0 Å². The Morgan fingerprint density at radius 2 is 1.50 bits per heavy atom. The highest BCUT2D eigenvalue weighted by atomic mass is 16.7. The van der Waals surface area contributed by atoms with Crippen molar-refractivity contribution in [2.24, 2.45) is 29.6 Å². The number of aliphatic hydroxyl groups excluding tert-OH is 1. The molecule has 12 atom stereocenters. The van der Waals surface area contributed by atoms with Crippen molar-refractivity contribution in [2.75, 3.05) is 41.5 Å². The van der Waals surface area contributed by atoms with Crippen molar-refractivity contribution < 1.29 is 67.2 Å².